The number of morpholine rings is 1. The summed E-state index contributed by atoms with van der Waals surface area (Å²) in [5.41, 5.74) is 4.95. The molecule has 2 fully saturated rings. The Balaban J connectivity index is 1.17. The third kappa shape index (κ3) is 4.76. The maximum Gasteiger partial charge on any atom is 0.141 e. The topological polar surface area (TPSA) is 113 Å². The molecule has 212 valence electrons. The van der Waals surface area contributed by atoms with Gasteiger partial charge in [-0.2, -0.15) is 15.5 Å². The van der Waals surface area contributed by atoms with Crippen LogP contribution in [-0.4, -0.2) is 77.6 Å². The summed E-state index contributed by atoms with van der Waals surface area (Å²) in [6, 6.07) is 10.0. The highest BCUT2D eigenvalue weighted by atomic mass is 19.1. The Kier molecular flexibility index (Phi) is 6.60. The van der Waals surface area contributed by atoms with E-state index in [-0.39, 0.29) is 23.9 Å². The standard InChI is InChI=1S/C30H29FN10O/c1-19(2)40-12-22(10-35-40)27-16-41-30(21(7-32)9-36-41)29(37-27)20-3-6-28(34-8-20)38-14-25-17-42-18-26(15-38)39(25)13-24-5-4-23(31)11-33-24/h3-6,8-12,16,19,25-26H,13-15,17-18H2,1-2H3/t25-,26+. The van der Waals surface area contributed by atoms with Crippen molar-refractivity contribution < 1.29 is 9.13 Å². The average Bonchev–Trinajstić information content (AvgIpc) is 3.66. The van der Waals surface area contributed by atoms with Gasteiger partial charge in [-0.25, -0.2) is 18.9 Å². The molecular formula is C30H29FN10O. The first-order valence-corrected chi connectivity index (χ1v) is 13.9. The molecule has 7 rings (SSSR count). The largest absolute Gasteiger partial charge is 0.378 e. The van der Waals surface area contributed by atoms with Gasteiger partial charge in [0.05, 0.1) is 67.2 Å². The average molecular weight is 565 g/mol. The van der Waals surface area contributed by atoms with Crippen molar-refractivity contribution in [2.24, 2.45) is 0 Å². The van der Waals surface area contributed by atoms with Crippen molar-refractivity contribution in [2.75, 3.05) is 31.2 Å². The molecule has 0 saturated carbocycles. The lowest BCUT2D eigenvalue weighted by Gasteiger charge is -2.50. The molecule has 42 heavy (non-hydrogen) atoms. The van der Waals surface area contributed by atoms with Gasteiger partial charge in [0.1, 0.15) is 28.8 Å². The van der Waals surface area contributed by atoms with E-state index in [0.29, 0.717) is 42.2 Å². The monoisotopic (exact) mass is 564 g/mol. The predicted octanol–water partition coefficient (Wildman–Crippen LogP) is 3.73. The third-order valence-corrected chi connectivity index (χ3v) is 7.94. The van der Waals surface area contributed by atoms with Gasteiger partial charge in [-0.3, -0.25) is 14.6 Å². The molecule has 11 nitrogen and oxygen atoms in total. The lowest BCUT2D eigenvalue weighted by Crippen LogP contribution is -2.64. The Hall–Kier alpha value is -4.73. The zero-order chi connectivity index (χ0) is 28.8. The predicted molar refractivity (Wildman–Crippen MR) is 153 cm³/mol. The molecule has 0 unspecified atom stereocenters. The first-order valence-electron chi connectivity index (χ1n) is 13.9. The normalized spacial score (nSPS) is 19.0. The molecule has 0 aromatic carbocycles. The molecule has 2 saturated heterocycles. The van der Waals surface area contributed by atoms with Gasteiger partial charge in [0.15, 0.2) is 0 Å². The summed E-state index contributed by atoms with van der Waals surface area (Å²) >= 11 is 0. The number of hydrogen-bond acceptors (Lipinski definition) is 9. The van der Waals surface area contributed by atoms with E-state index >= 15 is 0 Å². The number of piperazine rings is 1. The summed E-state index contributed by atoms with van der Waals surface area (Å²) in [5, 5.41) is 18.7. The van der Waals surface area contributed by atoms with Gasteiger partial charge in [0, 0.05) is 49.2 Å². The van der Waals surface area contributed by atoms with Crippen LogP contribution in [0, 0.1) is 17.1 Å². The van der Waals surface area contributed by atoms with E-state index in [1.165, 1.54) is 12.3 Å². The highest BCUT2D eigenvalue weighted by Crippen LogP contribution is 2.31. The number of hydrogen-bond donors (Lipinski definition) is 0. The second-order valence-corrected chi connectivity index (χ2v) is 11.0. The van der Waals surface area contributed by atoms with E-state index in [9.17, 15) is 9.65 Å². The molecule has 2 aliphatic heterocycles. The van der Waals surface area contributed by atoms with Gasteiger partial charge in [0.2, 0.25) is 0 Å². The molecular weight excluding hydrogens is 535 g/mol. The minimum atomic E-state index is -0.330. The fourth-order valence-corrected chi connectivity index (χ4v) is 5.76. The van der Waals surface area contributed by atoms with Crippen molar-refractivity contribution in [3.63, 3.8) is 0 Å². The van der Waals surface area contributed by atoms with Crippen LogP contribution in [0.15, 0.2) is 61.4 Å². The molecule has 0 aliphatic carbocycles. The molecule has 2 aliphatic rings. The number of nitrogens with zero attached hydrogens (tertiary/aromatic N) is 10. The summed E-state index contributed by atoms with van der Waals surface area (Å²) in [4.78, 5) is 18.8. The van der Waals surface area contributed by atoms with Crippen LogP contribution in [0.1, 0.15) is 31.1 Å². The Morgan fingerprint density at radius 1 is 0.976 bits per heavy atom. The zero-order valence-corrected chi connectivity index (χ0v) is 23.3. The van der Waals surface area contributed by atoms with Crippen molar-refractivity contribution in [1.29, 1.82) is 5.26 Å². The van der Waals surface area contributed by atoms with Crippen molar-refractivity contribution in [3.05, 3.63) is 78.5 Å². The molecule has 0 amide bonds. The summed E-state index contributed by atoms with van der Waals surface area (Å²) in [5.74, 6) is 0.540. The number of fused-ring (bicyclic) bond motifs is 3. The SMILES string of the molecule is CC(C)n1cc(-c2cn3ncc(C#N)c3c(-c3ccc(N4C[C@H]5COC[C@@H](C4)N5Cc4ccc(F)cn4)nc3)n2)cn1. The molecule has 5 aromatic rings. The Labute approximate surface area is 241 Å². The highest BCUT2D eigenvalue weighted by molar-refractivity contribution is 5.83. The van der Waals surface area contributed by atoms with Crippen LogP contribution >= 0.6 is 0 Å². The van der Waals surface area contributed by atoms with Crippen molar-refractivity contribution in [2.45, 2.75) is 38.5 Å². The van der Waals surface area contributed by atoms with Gasteiger partial charge < -0.3 is 9.64 Å². The minimum absolute atomic E-state index is 0.167. The van der Waals surface area contributed by atoms with E-state index in [1.54, 1.807) is 23.0 Å². The fourth-order valence-electron chi connectivity index (χ4n) is 5.76. The second kappa shape index (κ2) is 10.6. The zero-order valence-electron chi connectivity index (χ0n) is 23.3. The molecule has 12 heteroatoms. The number of anilines is 1. The van der Waals surface area contributed by atoms with Crippen LogP contribution in [0.3, 0.4) is 0 Å². The lowest BCUT2D eigenvalue weighted by molar-refractivity contribution is -0.0625. The number of rotatable bonds is 6. The van der Waals surface area contributed by atoms with E-state index < -0.39 is 0 Å². The summed E-state index contributed by atoms with van der Waals surface area (Å²) in [6.45, 7) is 7.54. The van der Waals surface area contributed by atoms with Crippen molar-refractivity contribution >= 4 is 11.3 Å². The fraction of sp³-hybridized carbons (Fsp3) is 0.333. The van der Waals surface area contributed by atoms with Crippen LogP contribution in [0.4, 0.5) is 10.2 Å². The lowest BCUT2D eigenvalue weighted by atomic mass is 10.0. The van der Waals surface area contributed by atoms with E-state index in [0.717, 1.165) is 35.7 Å². The Bertz CT molecular complexity index is 1760. The van der Waals surface area contributed by atoms with Crippen LogP contribution in [0.2, 0.25) is 0 Å². The maximum atomic E-state index is 13.4. The Morgan fingerprint density at radius 3 is 2.48 bits per heavy atom. The summed E-state index contributed by atoms with van der Waals surface area (Å²) in [7, 11) is 0. The van der Waals surface area contributed by atoms with Crippen LogP contribution in [0.5, 0.6) is 0 Å². The molecule has 0 spiro atoms. The minimum Gasteiger partial charge on any atom is -0.378 e. The third-order valence-electron chi connectivity index (χ3n) is 7.94. The van der Waals surface area contributed by atoms with E-state index in [4.69, 9.17) is 14.7 Å². The van der Waals surface area contributed by atoms with Crippen LogP contribution in [-0.2, 0) is 11.3 Å². The van der Waals surface area contributed by atoms with Gasteiger partial charge in [-0.05, 0) is 38.1 Å². The number of halogens is 1. The number of pyridine rings is 2. The molecule has 0 radical (unpaired) electrons. The van der Waals surface area contributed by atoms with Gasteiger partial charge in [-0.1, -0.05) is 0 Å². The Morgan fingerprint density at radius 2 is 1.81 bits per heavy atom. The summed E-state index contributed by atoms with van der Waals surface area (Å²) in [6.07, 6.45) is 10.2. The smallest absolute Gasteiger partial charge is 0.141 e. The highest BCUT2D eigenvalue weighted by Gasteiger charge is 2.38. The van der Waals surface area contributed by atoms with Gasteiger partial charge in [0.25, 0.3) is 0 Å². The first kappa shape index (κ1) is 26.2. The second-order valence-electron chi connectivity index (χ2n) is 11.0. The summed E-state index contributed by atoms with van der Waals surface area (Å²) < 4.78 is 22.8. The van der Waals surface area contributed by atoms with Gasteiger partial charge in [-0.15, -0.1) is 0 Å². The number of nitriles is 1. The van der Waals surface area contributed by atoms with E-state index in [2.05, 4.69) is 44.9 Å². The number of ether oxygens (including phenoxy) is 1. The van der Waals surface area contributed by atoms with Crippen LogP contribution < -0.4 is 4.90 Å². The van der Waals surface area contributed by atoms with E-state index in [1.807, 2.05) is 35.4 Å². The maximum absolute atomic E-state index is 13.4. The number of aromatic nitrogens is 7. The first-order chi connectivity index (χ1) is 20.5. The molecule has 0 N–H and O–H groups in total. The molecule has 2 bridgehead atoms. The molecule has 7 heterocycles. The molecule has 2 atom stereocenters. The molecule has 5 aromatic heterocycles. The van der Waals surface area contributed by atoms with Crippen LogP contribution in [0.25, 0.3) is 28.0 Å². The quantitative estimate of drug-likeness (QED) is 0.304. The van der Waals surface area contributed by atoms with Gasteiger partial charge >= 0.3 is 0 Å². The van der Waals surface area contributed by atoms with Crippen molar-refractivity contribution in [3.8, 4) is 28.6 Å². The van der Waals surface area contributed by atoms with Crippen molar-refractivity contribution in [1.82, 2.24) is 39.2 Å².